The highest BCUT2D eigenvalue weighted by molar-refractivity contribution is 6.33. The molecule has 1 aliphatic heterocycles. The number of hydrogen-bond donors (Lipinski definition) is 2. The molecule has 0 fully saturated rings. The fourth-order valence-electron chi connectivity index (χ4n) is 4.29. The van der Waals surface area contributed by atoms with E-state index in [1.807, 2.05) is 30.3 Å². The SMILES string of the molecule is C=CCn1c(=O)c2cnc(Nc3cc4c(cc3Cl)CCNC4)nc2n1-c1cccc(C(C)(C)C)n1. The smallest absolute Gasteiger partial charge is 0.278 e. The molecule has 0 bridgehead atoms. The Labute approximate surface area is 208 Å². The van der Waals surface area contributed by atoms with Gasteiger partial charge in [0, 0.05) is 23.9 Å². The van der Waals surface area contributed by atoms with Crippen LogP contribution in [0.15, 0.2) is 54.0 Å². The van der Waals surface area contributed by atoms with Crippen molar-refractivity contribution in [2.45, 2.75) is 45.7 Å². The molecule has 0 spiro atoms. The van der Waals surface area contributed by atoms with Crippen LogP contribution >= 0.6 is 11.6 Å². The Bertz CT molecular complexity index is 1500. The molecule has 0 saturated heterocycles. The second-order valence-corrected chi connectivity index (χ2v) is 10.1. The van der Waals surface area contributed by atoms with E-state index in [1.54, 1.807) is 21.6 Å². The first-order chi connectivity index (χ1) is 16.8. The molecule has 0 saturated carbocycles. The summed E-state index contributed by atoms with van der Waals surface area (Å²) >= 11 is 6.57. The number of nitrogens with zero attached hydrogens (tertiary/aromatic N) is 5. The Balaban J connectivity index is 1.64. The van der Waals surface area contributed by atoms with E-state index in [0.717, 1.165) is 30.9 Å². The van der Waals surface area contributed by atoms with Crippen molar-refractivity contribution in [1.82, 2.24) is 29.6 Å². The van der Waals surface area contributed by atoms with Crippen molar-refractivity contribution in [2.75, 3.05) is 11.9 Å². The van der Waals surface area contributed by atoms with Gasteiger partial charge in [0.25, 0.3) is 5.56 Å². The Morgan fingerprint density at radius 3 is 2.83 bits per heavy atom. The molecule has 4 aromatic rings. The predicted molar refractivity (Wildman–Crippen MR) is 140 cm³/mol. The average molecular weight is 490 g/mol. The maximum atomic E-state index is 13.2. The van der Waals surface area contributed by atoms with Gasteiger partial charge in [-0.1, -0.05) is 44.5 Å². The summed E-state index contributed by atoms with van der Waals surface area (Å²) in [7, 11) is 0. The fraction of sp³-hybridized carbons (Fsp3) is 0.308. The van der Waals surface area contributed by atoms with Crippen LogP contribution < -0.4 is 16.2 Å². The van der Waals surface area contributed by atoms with Gasteiger partial charge < -0.3 is 10.6 Å². The molecule has 180 valence electrons. The first-order valence-electron chi connectivity index (χ1n) is 11.6. The van der Waals surface area contributed by atoms with E-state index in [1.165, 1.54) is 11.1 Å². The molecule has 9 heteroatoms. The van der Waals surface area contributed by atoms with Crippen molar-refractivity contribution in [2.24, 2.45) is 0 Å². The fourth-order valence-corrected chi connectivity index (χ4v) is 4.52. The molecule has 0 atom stereocenters. The van der Waals surface area contributed by atoms with E-state index >= 15 is 0 Å². The summed E-state index contributed by atoms with van der Waals surface area (Å²) in [4.78, 5) is 27.2. The van der Waals surface area contributed by atoms with E-state index in [4.69, 9.17) is 21.6 Å². The van der Waals surface area contributed by atoms with Crippen LogP contribution in [-0.4, -0.2) is 30.9 Å². The lowest BCUT2D eigenvalue weighted by Gasteiger charge is -2.19. The number of pyridine rings is 1. The minimum Gasteiger partial charge on any atom is -0.323 e. The van der Waals surface area contributed by atoms with Gasteiger partial charge >= 0.3 is 0 Å². The molecule has 0 aliphatic carbocycles. The Morgan fingerprint density at radius 1 is 1.23 bits per heavy atom. The normalized spacial score (nSPS) is 13.6. The molecule has 1 aromatic carbocycles. The van der Waals surface area contributed by atoms with E-state index < -0.39 is 0 Å². The maximum Gasteiger partial charge on any atom is 0.278 e. The minimum atomic E-state index is -0.202. The third-order valence-corrected chi connectivity index (χ3v) is 6.43. The van der Waals surface area contributed by atoms with Crippen LogP contribution in [0.4, 0.5) is 11.6 Å². The summed E-state index contributed by atoms with van der Waals surface area (Å²) in [5.41, 5.74) is 4.19. The highest BCUT2D eigenvalue weighted by Crippen LogP contribution is 2.30. The summed E-state index contributed by atoms with van der Waals surface area (Å²) in [6.07, 6.45) is 4.17. The topological polar surface area (TPSA) is 89.7 Å². The second-order valence-electron chi connectivity index (χ2n) is 9.70. The zero-order valence-corrected chi connectivity index (χ0v) is 20.9. The van der Waals surface area contributed by atoms with Gasteiger partial charge in [0.1, 0.15) is 5.39 Å². The number of halogens is 1. The number of rotatable bonds is 5. The van der Waals surface area contributed by atoms with Crippen molar-refractivity contribution < 1.29 is 0 Å². The van der Waals surface area contributed by atoms with Gasteiger partial charge in [-0.05, 0) is 48.4 Å². The van der Waals surface area contributed by atoms with E-state index in [-0.39, 0.29) is 11.0 Å². The lowest BCUT2D eigenvalue weighted by Crippen LogP contribution is -2.23. The molecule has 1 aliphatic rings. The van der Waals surface area contributed by atoms with Crippen LogP contribution in [0.3, 0.4) is 0 Å². The van der Waals surface area contributed by atoms with E-state index in [9.17, 15) is 4.79 Å². The zero-order valence-electron chi connectivity index (χ0n) is 20.1. The van der Waals surface area contributed by atoms with Gasteiger partial charge in [-0.15, -0.1) is 6.58 Å². The van der Waals surface area contributed by atoms with Gasteiger partial charge in [-0.3, -0.25) is 4.79 Å². The van der Waals surface area contributed by atoms with E-state index in [2.05, 4.69) is 43.0 Å². The number of aromatic nitrogens is 5. The van der Waals surface area contributed by atoms with Crippen LogP contribution in [0.5, 0.6) is 0 Å². The molecular formula is C26H28ClN7O. The van der Waals surface area contributed by atoms with Crippen LogP contribution in [0.2, 0.25) is 5.02 Å². The summed E-state index contributed by atoms with van der Waals surface area (Å²) in [6, 6.07) is 9.83. The molecule has 35 heavy (non-hydrogen) atoms. The molecule has 3 aromatic heterocycles. The van der Waals surface area contributed by atoms with Crippen molar-refractivity contribution >= 4 is 34.3 Å². The lowest BCUT2D eigenvalue weighted by molar-refractivity contribution is 0.554. The van der Waals surface area contributed by atoms with Crippen LogP contribution in [0.25, 0.3) is 16.9 Å². The van der Waals surface area contributed by atoms with Crippen molar-refractivity contribution in [3.8, 4) is 5.82 Å². The predicted octanol–water partition coefficient (Wildman–Crippen LogP) is 4.50. The zero-order chi connectivity index (χ0) is 24.7. The number of hydrogen-bond acceptors (Lipinski definition) is 6. The lowest BCUT2D eigenvalue weighted by atomic mass is 9.92. The highest BCUT2D eigenvalue weighted by Gasteiger charge is 2.21. The van der Waals surface area contributed by atoms with Gasteiger partial charge in [-0.2, -0.15) is 4.98 Å². The first kappa shape index (κ1) is 23.3. The van der Waals surface area contributed by atoms with Crippen molar-refractivity contribution in [1.29, 1.82) is 0 Å². The summed E-state index contributed by atoms with van der Waals surface area (Å²) in [5.74, 6) is 0.952. The molecule has 4 heterocycles. The van der Waals surface area contributed by atoms with Crippen LogP contribution in [0, 0.1) is 0 Å². The number of benzene rings is 1. The molecule has 0 radical (unpaired) electrons. The number of nitrogens with one attached hydrogen (secondary N) is 2. The number of anilines is 2. The number of allylic oxidation sites excluding steroid dienone is 1. The third-order valence-electron chi connectivity index (χ3n) is 6.12. The Hall–Kier alpha value is -3.49. The third kappa shape index (κ3) is 4.35. The summed E-state index contributed by atoms with van der Waals surface area (Å²) in [6.45, 7) is 12.2. The average Bonchev–Trinajstić information content (AvgIpc) is 3.10. The molecular weight excluding hydrogens is 462 g/mol. The molecule has 2 N–H and O–H groups in total. The molecule has 0 unspecified atom stereocenters. The Morgan fingerprint density at radius 2 is 2.06 bits per heavy atom. The second kappa shape index (κ2) is 8.94. The summed E-state index contributed by atoms with van der Waals surface area (Å²) < 4.78 is 3.31. The largest absolute Gasteiger partial charge is 0.323 e. The highest BCUT2D eigenvalue weighted by atomic mass is 35.5. The quantitative estimate of drug-likeness (QED) is 0.401. The van der Waals surface area contributed by atoms with Crippen LogP contribution in [-0.2, 0) is 24.9 Å². The van der Waals surface area contributed by atoms with Gasteiger partial charge in [0.05, 0.1) is 17.3 Å². The van der Waals surface area contributed by atoms with Gasteiger partial charge in [0.15, 0.2) is 11.5 Å². The number of fused-ring (bicyclic) bond motifs is 2. The van der Waals surface area contributed by atoms with E-state index in [0.29, 0.717) is 34.4 Å². The molecule has 5 rings (SSSR count). The standard InChI is InChI=1S/C26H28ClN7O/c1-5-11-33-24(35)18-15-29-25(30-20-13-17-14-28-10-9-16(17)12-19(20)27)32-23(18)34(33)22-8-6-7-21(31-22)26(2,3)4/h5-8,12-13,15,28H,1,9-11,14H2,2-4H3,(H,29,30,32). The van der Waals surface area contributed by atoms with Crippen molar-refractivity contribution in [3.05, 3.63) is 81.4 Å². The van der Waals surface area contributed by atoms with Gasteiger partial charge in [0.2, 0.25) is 5.95 Å². The molecule has 0 amide bonds. The van der Waals surface area contributed by atoms with Gasteiger partial charge in [-0.25, -0.2) is 19.3 Å². The van der Waals surface area contributed by atoms with Crippen LogP contribution in [0.1, 0.15) is 37.6 Å². The maximum absolute atomic E-state index is 13.2. The monoisotopic (exact) mass is 489 g/mol. The molecule has 8 nitrogen and oxygen atoms in total. The summed E-state index contributed by atoms with van der Waals surface area (Å²) in [5, 5.41) is 7.63. The minimum absolute atomic E-state index is 0.151. The van der Waals surface area contributed by atoms with Crippen molar-refractivity contribution in [3.63, 3.8) is 0 Å². The Kier molecular flexibility index (Phi) is 5.94. The first-order valence-corrected chi connectivity index (χ1v) is 12.0.